The molecule has 3 aromatic rings. The number of nitrogens with zero attached hydrogens (tertiary/aromatic N) is 1. The first-order valence-corrected chi connectivity index (χ1v) is 14.8. The zero-order chi connectivity index (χ0) is 28.1. The molecule has 38 heavy (non-hydrogen) atoms. The summed E-state index contributed by atoms with van der Waals surface area (Å²) >= 11 is 1.57. The maximum atomic E-state index is 11.9. The smallest absolute Gasteiger partial charge is 0.311 e. The summed E-state index contributed by atoms with van der Waals surface area (Å²) < 4.78 is 5.07. The first kappa shape index (κ1) is 30.0. The van der Waals surface area contributed by atoms with Gasteiger partial charge in [0, 0.05) is 16.4 Å². The van der Waals surface area contributed by atoms with Gasteiger partial charge in [0.15, 0.2) is 0 Å². The Balaban J connectivity index is 1.88. The highest BCUT2D eigenvalue weighted by Gasteiger charge is 2.32. The van der Waals surface area contributed by atoms with Crippen LogP contribution in [0.1, 0.15) is 94.3 Å². The third-order valence-electron chi connectivity index (χ3n) is 7.98. The number of esters is 1. The Hall–Kier alpha value is -2.50. The number of rotatable bonds is 11. The van der Waals surface area contributed by atoms with Crippen molar-refractivity contribution in [2.75, 3.05) is 6.61 Å². The maximum Gasteiger partial charge on any atom is 0.311 e. The SMILES string of the molecule is CCOC(=O)Cc1csc(-c2ccc(C(CC)(CC)c3ccc(CCC(O)C(C)(C)C)c(C)c3)cc2C)n1. The number of aliphatic hydroxyl groups is 1. The van der Waals surface area contributed by atoms with Gasteiger partial charge in [-0.05, 0) is 79.7 Å². The summed E-state index contributed by atoms with van der Waals surface area (Å²) in [4.78, 5) is 16.6. The fraction of sp³-hybridized carbons (Fsp3) is 0.515. The molecule has 1 N–H and O–H groups in total. The molecule has 0 saturated heterocycles. The van der Waals surface area contributed by atoms with Gasteiger partial charge in [-0.3, -0.25) is 4.79 Å². The molecule has 0 bridgehead atoms. The van der Waals surface area contributed by atoms with E-state index in [-0.39, 0.29) is 29.3 Å². The minimum atomic E-state index is -0.312. The summed E-state index contributed by atoms with van der Waals surface area (Å²) in [6.45, 7) is 17.4. The van der Waals surface area contributed by atoms with Gasteiger partial charge in [0.1, 0.15) is 5.01 Å². The molecular formula is C33H45NO3S. The number of ether oxygens (including phenoxy) is 1. The summed E-state index contributed by atoms with van der Waals surface area (Å²) in [6.07, 6.45) is 3.56. The maximum absolute atomic E-state index is 11.9. The lowest BCUT2D eigenvalue weighted by molar-refractivity contribution is -0.142. The van der Waals surface area contributed by atoms with Crippen molar-refractivity contribution in [3.05, 3.63) is 75.3 Å². The molecule has 1 aromatic heterocycles. The molecule has 0 aliphatic heterocycles. The summed E-state index contributed by atoms with van der Waals surface area (Å²) in [6, 6.07) is 13.7. The monoisotopic (exact) mass is 535 g/mol. The van der Waals surface area contributed by atoms with E-state index < -0.39 is 0 Å². The van der Waals surface area contributed by atoms with Gasteiger partial charge < -0.3 is 9.84 Å². The highest BCUT2D eigenvalue weighted by Crippen LogP contribution is 2.41. The second-order valence-electron chi connectivity index (χ2n) is 11.5. The van der Waals surface area contributed by atoms with E-state index in [2.05, 4.69) is 84.9 Å². The summed E-state index contributed by atoms with van der Waals surface area (Å²) in [5.74, 6) is -0.237. The molecule has 0 aliphatic carbocycles. The fourth-order valence-electron chi connectivity index (χ4n) is 5.31. The van der Waals surface area contributed by atoms with Crippen LogP contribution in [0.15, 0.2) is 41.8 Å². The lowest BCUT2D eigenvalue weighted by Crippen LogP contribution is -2.27. The molecule has 0 radical (unpaired) electrons. The van der Waals surface area contributed by atoms with Crippen LogP contribution in [0.5, 0.6) is 0 Å². The molecule has 0 aliphatic rings. The molecule has 1 atom stereocenters. The summed E-state index contributed by atoms with van der Waals surface area (Å²) in [7, 11) is 0. The van der Waals surface area contributed by atoms with Crippen molar-refractivity contribution in [2.45, 2.75) is 99.0 Å². The molecule has 1 unspecified atom stereocenters. The average molecular weight is 536 g/mol. The predicted octanol–water partition coefficient (Wildman–Crippen LogP) is 7.98. The number of benzene rings is 2. The van der Waals surface area contributed by atoms with Gasteiger partial charge >= 0.3 is 5.97 Å². The quantitative estimate of drug-likeness (QED) is 0.253. The number of thiazole rings is 1. The number of hydrogen-bond donors (Lipinski definition) is 1. The van der Waals surface area contributed by atoms with Crippen molar-refractivity contribution in [3.63, 3.8) is 0 Å². The Bertz CT molecular complexity index is 1230. The lowest BCUT2D eigenvalue weighted by Gasteiger charge is -2.34. The molecule has 0 fully saturated rings. The first-order chi connectivity index (χ1) is 17.9. The van der Waals surface area contributed by atoms with Crippen LogP contribution in [0.2, 0.25) is 0 Å². The number of carbonyl (C=O) groups excluding carboxylic acids is 1. The zero-order valence-corrected chi connectivity index (χ0v) is 25.3. The number of aliphatic hydroxyl groups excluding tert-OH is 1. The Morgan fingerprint density at radius 2 is 1.63 bits per heavy atom. The van der Waals surface area contributed by atoms with Gasteiger partial charge in [-0.15, -0.1) is 11.3 Å². The number of carbonyl (C=O) groups is 1. The second-order valence-corrected chi connectivity index (χ2v) is 12.4. The predicted molar refractivity (Wildman–Crippen MR) is 159 cm³/mol. The van der Waals surface area contributed by atoms with E-state index >= 15 is 0 Å². The van der Waals surface area contributed by atoms with Crippen LogP contribution in [0.3, 0.4) is 0 Å². The molecule has 0 saturated carbocycles. The normalized spacial score (nSPS) is 13.0. The minimum absolute atomic E-state index is 0.0740. The van der Waals surface area contributed by atoms with Crippen molar-refractivity contribution in [2.24, 2.45) is 5.41 Å². The summed E-state index contributed by atoms with van der Waals surface area (Å²) in [5, 5.41) is 13.4. The number of aromatic nitrogens is 1. The third kappa shape index (κ3) is 6.73. The lowest BCUT2D eigenvalue weighted by atomic mass is 9.69. The van der Waals surface area contributed by atoms with E-state index in [1.165, 1.54) is 27.8 Å². The largest absolute Gasteiger partial charge is 0.466 e. The van der Waals surface area contributed by atoms with Crippen LogP contribution in [-0.4, -0.2) is 28.8 Å². The van der Waals surface area contributed by atoms with Crippen molar-refractivity contribution in [1.82, 2.24) is 4.98 Å². The van der Waals surface area contributed by atoms with Crippen LogP contribution in [0, 0.1) is 19.3 Å². The molecule has 3 rings (SSSR count). The van der Waals surface area contributed by atoms with Gasteiger partial charge in [-0.1, -0.05) is 71.0 Å². The molecule has 0 amide bonds. The zero-order valence-electron chi connectivity index (χ0n) is 24.5. The molecule has 4 nitrogen and oxygen atoms in total. The molecule has 2 aromatic carbocycles. The van der Waals surface area contributed by atoms with Crippen molar-refractivity contribution < 1.29 is 14.6 Å². The molecule has 1 heterocycles. The highest BCUT2D eigenvalue weighted by molar-refractivity contribution is 7.13. The minimum Gasteiger partial charge on any atom is -0.466 e. The van der Waals surface area contributed by atoms with Crippen molar-refractivity contribution in [1.29, 1.82) is 0 Å². The van der Waals surface area contributed by atoms with Gasteiger partial charge in [-0.25, -0.2) is 4.98 Å². The topological polar surface area (TPSA) is 59.4 Å². The van der Waals surface area contributed by atoms with Gasteiger partial charge in [0.05, 0.1) is 24.8 Å². The van der Waals surface area contributed by atoms with E-state index in [4.69, 9.17) is 9.72 Å². The van der Waals surface area contributed by atoms with Crippen LogP contribution >= 0.6 is 11.3 Å². The van der Waals surface area contributed by atoms with Crippen LogP contribution in [0.25, 0.3) is 10.6 Å². The fourth-order valence-corrected chi connectivity index (χ4v) is 6.22. The molecule has 0 spiro atoms. The third-order valence-corrected chi connectivity index (χ3v) is 8.91. The Morgan fingerprint density at radius 3 is 2.18 bits per heavy atom. The van der Waals surface area contributed by atoms with Crippen LogP contribution in [0.4, 0.5) is 0 Å². The van der Waals surface area contributed by atoms with Gasteiger partial charge in [0.25, 0.3) is 0 Å². The van der Waals surface area contributed by atoms with Crippen molar-refractivity contribution >= 4 is 17.3 Å². The highest BCUT2D eigenvalue weighted by atomic mass is 32.1. The van der Waals surface area contributed by atoms with E-state index in [9.17, 15) is 9.90 Å². The number of hydrogen-bond acceptors (Lipinski definition) is 5. The molecule has 206 valence electrons. The van der Waals surface area contributed by atoms with E-state index in [0.29, 0.717) is 6.61 Å². The summed E-state index contributed by atoms with van der Waals surface area (Å²) in [5.41, 5.74) is 8.16. The standard InChI is InChI=1S/C33H45NO3S/c1-9-33(10-2,25-14-12-24(22(4)18-25)13-17-29(35)32(6,7)8)26-15-16-28(23(5)19-26)31-34-27(21-38-31)20-30(36)37-11-3/h12,14-16,18-19,21,29,35H,9-11,13,17,20H2,1-8H3. The van der Waals surface area contributed by atoms with E-state index in [1.54, 1.807) is 11.3 Å². The van der Waals surface area contributed by atoms with Crippen LogP contribution < -0.4 is 0 Å². The Morgan fingerprint density at radius 1 is 1.00 bits per heavy atom. The first-order valence-electron chi connectivity index (χ1n) is 13.9. The van der Waals surface area contributed by atoms with Crippen molar-refractivity contribution in [3.8, 4) is 10.6 Å². The van der Waals surface area contributed by atoms with Crippen LogP contribution in [-0.2, 0) is 27.8 Å². The van der Waals surface area contributed by atoms with Gasteiger partial charge in [0.2, 0.25) is 0 Å². The van der Waals surface area contributed by atoms with Gasteiger partial charge in [-0.2, -0.15) is 0 Å². The second kappa shape index (κ2) is 12.6. The van der Waals surface area contributed by atoms with E-state index in [0.717, 1.165) is 41.9 Å². The Kier molecular flexibility index (Phi) is 9.94. The molecule has 5 heteroatoms. The molecular weight excluding hydrogens is 490 g/mol. The average Bonchev–Trinajstić information content (AvgIpc) is 3.32. The Labute approximate surface area is 233 Å². The number of aryl methyl sites for hydroxylation is 3. The van der Waals surface area contributed by atoms with E-state index in [1.807, 2.05) is 12.3 Å².